The third-order valence-corrected chi connectivity index (χ3v) is 7.88. The molecule has 5 heterocycles. The van der Waals surface area contributed by atoms with Crippen molar-refractivity contribution in [1.82, 2.24) is 29.7 Å². The van der Waals surface area contributed by atoms with Crippen LogP contribution in [0.3, 0.4) is 0 Å². The topological polar surface area (TPSA) is 114 Å². The summed E-state index contributed by atoms with van der Waals surface area (Å²) in [5, 5.41) is 0.984. The number of fused-ring (bicyclic) bond motifs is 1. The fraction of sp³-hybridized carbons (Fsp3) is 0.346. The Balaban J connectivity index is 1.39. The van der Waals surface area contributed by atoms with E-state index in [1.807, 2.05) is 29.2 Å². The predicted molar refractivity (Wildman–Crippen MR) is 145 cm³/mol. The van der Waals surface area contributed by atoms with Crippen molar-refractivity contribution >= 4 is 39.2 Å². The average molecular weight is 517 g/mol. The van der Waals surface area contributed by atoms with Gasteiger partial charge in [0.05, 0.1) is 24.2 Å². The largest absolute Gasteiger partial charge is 0.378 e. The molecule has 2 aliphatic rings. The van der Waals surface area contributed by atoms with Crippen LogP contribution in [0.25, 0.3) is 32.0 Å². The number of benzene rings is 1. The Hall–Kier alpha value is -3.67. The molecule has 3 aromatic heterocycles. The second-order valence-corrected chi connectivity index (χ2v) is 10.3. The van der Waals surface area contributed by atoms with Gasteiger partial charge in [-0.05, 0) is 30.8 Å². The highest BCUT2D eigenvalue weighted by molar-refractivity contribution is 7.22. The van der Waals surface area contributed by atoms with Crippen LogP contribution in [0.1, 0.15) is 10.4 Å². The van der Waals surface area contributed by atoms with Crippen LogP contribution in [0, 0.1) is 0 Å². The highest BCUT2D eigenvalue weighted by Gasteiger charge is 2.23. The first kappa shape index (κ1) is 23.7. The molecule has 37 heavy (non-hydrogen) atoms. The van der Waals surface area contributed by atoms with Gasteiger partial charge in [-0.3, -0.25) is 4.79 Å². The molecule has 0 aliphatic carbocycles. The van der Waals surface area contributed by atoms with Gasteiger partial charge in [0.15, 0.2) is 5.82 Å². The van der Waals surface area contributed by atoms with Crippen molar-refractivity contribution in [3.05, 3.63) is 48.3 Å². The Morgan fingerprint density at radius 2 is 1.73 bits per heavy atom. The van der Waals surface area contributed by atoms with Crippen molar-refractivity contribution in [1.29, 1.82) is 0 Å². The van der Waals surface area contributed by atoms with Crippen LogP contribution in [0.4, 0.5) is 11.8 Å². The molecular weight excluding hydrogens is 488 g/mol. The minimum absolute atomic E-state index is 0.0792. The van der Waals surface area contributed by atoms with Crippen LogP contribution < -0.4 is 10.6 Å². The minimum Gasteiger partial charge on any atom is -0.378 e. The smallest absolute Gasteiger partial charge is 0.253 e. The summed E-state index contributed by atoms with van der Waals surface area (Å²) < 4.78 is 5.57. The zero-order valence-corrected chi connectivity index (χ0v) is 21.4. The van der Waals surface area contributed by atoms with Gasteiger partial charge in [0.1, 0.15) is 10.6 Å². The van der Waals surface area contributed by atoms with Gasteiger partial charge in [0, 0.05) is 62.1 Å². The van der Waals surface area contributed by atoms with Crippen LogP contribution in [0.15, 0.2) is 42.7 Å². The van der Waals surface area contributed by atoms with E-state index in [1.54, 1.807) is 23.7 Å². The van der Waals surface area contributed by atoms with Crippen LogP contribution in [-0.2, 0) is 4.74 Å². The number of carbonyl (C=O) groups excluding carboxylic acids is 1. The maximum atomic E-state index is 13.2. The zero-order valence-electron chi connectivity index (χ0n) is 20.6. The third-order valence-electron chi connectivity index (χ3n) is 6.80. The number of amides is 1. The van der Waals surface area contributed by atoms with E-state index in [4.69, 9.17) is 20.4 Å². The first-order chi connectivity index (χ1) is 18.0. The second-order valence-electron chi connectivity index (χ2n) is 9.31. The number of rotatable bonds is 4. The molecule has 0 saturated carbocycles. The van der Waals surface area contributed by atoms with E-state index in [0.29, 0.717) is 30.2 Å². The number of nitrogen functional groups attached to an aromatic ring is 1. The summed E-state index contributed by atoms with van der Waals surface area (Å²) in [4.78, 5) is 39.5. The number of nitrogens with two attached hydrogens (primary N) is 1. The Kier molecular flexibility index (Phi) is 6.41. The fourth-order valence-electron chi connectivity index (χ4n) is 4.65. The quantitative estimate of drug-likeness (QED) is 0.437. The van der Waals surface area contributed by atoms with E-state index in [-0.39, 0.29) is 11.9 Å². The number of hydrogen-bond acceptors (Lipinski definition) is 10. The molecule has 2 aliphatic heterocycles. The van der Waals surface area contributed by atoms with Crippen molar-refractivity contribution < 1.29 is 9.53 Å². The number of anilines is 2. The summed E-state index contributed by atoms with van der Waals surface area (Å²) in [5.41, 5.74) is 8.09. The monoisotopic (exact) mass is 516 g/mol. The lowest BCUT2D eigenvalue weighted by Gasteiger charge is -2.32. The van der Waals surface area contributed by atoms with Gasteiger partial charge < -0.3 is 25.2 Å². The average Bonchev–Trinajstić information content (AvgIpc) is 3.38. The van der Waals surface area contributed by atoms with Gasteiger partial charge >= 0.3 is 0 Å². The number of morpholine rings is 1. The van der Waals surface area contributed by atoms with E-state index in [9.17, 15) is 4.79 Å². The highest BCUT2D eigenvalue weighted by atomic mass is 32.1. The summed E-state index contributed by atoms with van der Waals surface area (Å²) >= 11 is 1.59. The summed E-state index contributed by atoms with van der Waals surface area (Å²) in [5.74, 6) is 1.71. The summed E-state index contributed by atoms with van der Waals surface area (Å²) in [7, 11) is 2.09. The number of hydrogen-bond donors (Lipinski definition) is 1. The molecule has 10 nitrogen and oxygen atoms in total. The SMILES string of the molecule is CN1CCN(C(=O)c2cccc(-c3cc4c(N5CCOCC5)nc(-c5cnc(N)nc5)nc4s3)c2)CC1. The van der Waals surface area contributed by atoms with Gasteiger partial charge in [-0.1, -0.05) is 12.1 Å². The van der Waals surface area contributed by atoms with Crippen LogP contribution in [0.2, 0.25) is 0 Å². The molecule has 1 aromatic carbocycles. The van der Waals surface area contributed by atoms with Crippen molar-refractivity contribution in [3.63, 3.8) is 0 Å². The number of likely N-dealkylation sites (N-methyl/N-ethyl adjacent to an activating group) is 1. The molecule has 0 atom stereocenters. The van der Waals surface area contributed by atoms with E-state index >= 15 is 0 Å². The summed E-state index contributed by atoms with van der Waals surface area (Å²) in [6, 6.07) is 10.0. The first-order valence-electron chi connectivity index (χ1n) is 12.4. The molecule has 0 unspecified atom stereocenters. The van der Waals surface area contributed by atoms with Crippen molar-refractivity contribution in [2.45, 2.75) is 0 Å². The summed E-state index contributed by atoms with van der Waals surface area (Å²) in [6.07, 6.45) is 3.29. The Morgan fingerprint density at radius 3 is 2.49 bits per heavy atom. The molecule has 4 aromatic rings. The standard InChI is InChI=1S/C26H28N8O2S/c1-32-5-7-34(8-6-32)25(35)18-4-2-3-17(13-18)21-14-20-23(33-9-11-36-12-10-33)30-22(31-24(20)37-21)19-15-28-26(27)29-16-19/h2-4,13-16H,5-12H2,1H3,(H2,27,28,29). The normalized spacial score (nSPS) is 16.9. The fourth-order valence-corrected chi connectivity index (χ4v) is 5.67. The third kappa shape index (κ3) is 4.85. The van der Waals surface area contributed by atoms with Crippen molar-refractivity contribution in [2.75, 3.05) is 70.2 Å². The molecule has 2 fully saturated rings. The molecular formula is C26H28N8O2S. The first-order valence-corrected chi connectivity index (χ1v) is 13.2. The molecule has 2 N–H and O–H groups in total. The van der Waals surface area contributed by atoms with Gasteiger partial charge in [0.25, 0.3) is 5.91 Å². The van der Waals surface area contributed by atoms with Gasteiger partial charge in [-0.2, -0.15) is 0 Å². The van der Waals surface area contributed by atoms with E-state index in [2.05, 4.69) is 32.9 Å². The molecule has 11 heteroatoms. The molecule has 0 spiro atoms. The number of aromatic nitrogens is 4. The minimum atomic E-state index is 0.0792. The molecule has 0 radical (unpaired) electrons. The number of ether oxygens (including phenoxy) is 1. The molecule has 0 bridgehead atoms. The number of carbonyl (C=O) groups is 1. The Labute approximate surface area is 218 Å². The van der Waals surface area contributed by atoms with E-state index in [0.717, 1.165) is 65.7 Å². The van der Waals surface area contributed by atoms with Crippen molar-refractivity contribution in [2.24, 2.45) is 0 Å². The lowest BCUT2D eigenvalue weighted by molar-refractivity contribution is 0.0664. The lowest BCUT2D eigenvalue weighted by atomic mass is 10.1. The number of nitrogens with zero attached hydrogens (tertiary/aromatic N) is 7. The zero-order chi connectivity index (χ0) is 25.4. The highest BCUT2D eigenvalue weighted by Crippen LogP contribution is 2.38. The van der Waals surface area contributed by atoms with Gasteiger partial charge in [-0.25, -0.2) is 19.9 Å². The van der Waals surface area contributed by atoms with Crippen LogP contribution in [-0.4, -0.2) is 95.2 Å². The number of piperazine rings is 1. The second kappa shape index (κ2) is 10.0. The van der Waals surface area contributed by atoms with E-state index < -0.39 is 0 Å². The summed E-state index contributed by atoms with van der Waals surface area (Å²) in [6.45, 7) is 6.10. The van der Waals surface area contributed by atoms with E-state index in [1.165, 1.54) is 0 Å². The molecule has 6 rings (SSSR count). The lowest BCUT2D eigenvalue weighted by Crippen LogP contribution is -2.47. The van der Waals surface area contributed by atoms with Gasteiger partial charge in [0.2, 0.25) is 5.95 Å². The Morgan fingerprint density at radius 1 is 0.973 bits per heavy atom. The van der Waals surface area contributed by atoms with Crippen LogP contribution >= 0.6 is 11.3 Å². The maximum Gasteiger partial charge on any atom is 0.253 e. The van der Waals surface area contributed by atoms with Crippen molar-refractivity contribution in [3.8, 4) is 21.8 Å². The van der Waals surface area contributed by atoms with Crippen LogP contribution in [0.5, 0.6) is 0 Å². The van der Waals surface area contributed by atoms with Gasteiger partial charge in [-0.15, -0.1) is 11.3 Å². The Bertz CT molecular complexity index is 1430. The number of thiophene rings is 1. The maximum absolute atomic E-state index is 13.2. The molecule has 190 valence electrons. The predicted octanol–water partition coefficient (Wildman–Crippen LogP) is 2.62. The molecule has 2 saturated heterocycles. The molecule has 1 amide bonds.